The van der Waals surface area contributed by atoms with Crippen LogP contribution in [-0.2, 0) is 20.1 Å². The van der Waals surface area contributed by atoms with Crippen LogP contribution in [0.4, 0.5) is 0 Å². The maximum absolute atomic E-state index is 4.55. The molecular formula is C17H11BIrN-. The maximum Gasteiger partial charge on any atom is 0.181 e. The molecule has 0 unspecified atom stereocenters. The van der Waals surface area contributed by atoms with Gasteiger partial charge in [0.25, 0.3) is 0 Å². The smallest absolute Gasteiger partial charge is 0.181 e. The molecule has 0 bridgehead atoms. The van der Waals surface area contributed by atoms with Crippen molar-refractivity contribution < 1.29 is 20.1 Å². The largest absolute Gasteiger partial charge is 0.305 e. The summed E-state index contributed by atoms with van der Waals surface area (Å²) in [6.45, 7) is 0.289. The second-order valence-electron chi connectivity index (χ2n) is 4.79. The second kappa shape index (κ2) is 5.36. The first-order chi connectivity index (χ1) is 9.45. The molecule has 1 aliphatic heterocycles. The number of benzene rings is 2. The third-order valence-electron chi connectivity index (χ3n) is 3.72. The van der Waals surface area contributed by atoms with Crippen LogP contribution in [0.1, 0.15) is 0 Å². The first-order valence-corrected chi connectivity index (χ1v) is 6.46. The van der Waals surface area contributed by atoms with E-state index in [-0.39, 0.29) is 26.8 Å². The van der Waals surface area contributed by atoms with Gasteiger partial charge in [-0.25, -0.2) is 0 Å². The van der Waals surface area contributed by atoms with Gasteiger partial charge in [-0.15, -0.1) is 35.3 Å². The van der Waals surface area contributed by atoms with Crippen molar-refractivity contribution in [2.24, 2.45) is 0 Å². The SMILES string of the molecule is [Ir].[c-]1cccc2c1-c1ncccc1B2c1ccccc1. The van der Waals surface area contributed by atoms with Crippen LogP contribution in [0.25, 0.3) is 11.3 Å². The van der Waals surface area contributed by atoms with Crippen LogP contribution >= 0.6 is 0 Å². The summed E-state index contributed by atoms with van der Waals surface area (Å²) in [6.07, 6.45) is 1.86. The molecule has 0 amide bonds. The van der Waals surface area contributed by atoms with Crippen molar-refractivity contribution in [1.29, 1.82) is 0 Å². The van der Waals surface area contributed by atoms with Crippen LogP contribution in [0, 0.1) is 6.07 Å². The van der Waals surface area contributed by atoms with E-state index in [0.717, 1.165) is 11.3 Å². The summed E-state index contributed by atoms with van der Waals surface area (Å²) >= 11 is 0. The Morgan fingerprint density at radius 1 is 0.850 bits per heavy atom. The molecular weight excluding hydrogens is 421 g/mol. The minimum atomic E-state index is 0. The van der Waals surface area contributed by atoms with E-state index in [4.69, 9.17) is 0 Å². The molecule has 4 rings (SSSR count). The van der Waals surface area contributed by atoms with E-state index in [1.807, 2.05) is 18.3 Å². The third kappa shape index (κ3) is 1.95. The molecule has 3 aromatic rings. The van der Waals surface area contributed by atoms with Crippen molar-refractivity contribution in [1.82, 2.24) is 4.98 Å². The number of fused-ring (bicyclic) bond motifs is 3. The molecule has 0 spiro atoms. The molecule has 0 aliphatic carbocycles. The molecule has 0 atom stereocenters. The minimum Gasteiger partial charge on any atom is -0.305 e. The van der Waals surface area contributed by atoms with Gasteiger partial charge in [-0.2, -0.15) is 0 Å². The molecule has 2 heterocycles. The van der Waals surface area contributed by atoms with Gasteiger partial charge in [0.2, 0.25) is 0 Å². The quantitative estimate of drug-likeness (QED) is 0.327. The number of nitrogens with zero attached hydrogens (tertiary/aromatic N) is 1. The maximum atomic E-state index is 4.55. The van der Waals surface area contributed by atoms with E-state index in [1.165, 1.54) is 16.4 Å². The Morgan fingerprint density at radius 3 is 2.50 bits per heavy atom. The molecule has 1 aromatic heterocycles. The molecule has 1 aliphatic rings. The van der Waals surface area contributed by atoms with Gasteiger partial charge in [0.15, 0.2) is 6.71 Å². The molecule has 3 heteroatoms. The molecule has 0 fully saturated rings. The molecule has 2 aromatic carbocycles. The van der Waals surface area contributed by atoms with E-state index in [1.54, 1.807) is 0 Å². The second-order valence-corrected chi connectivity index (χ2v) is 4.79. The predicted molar refractivity (Wildman–Crippen MR) is 79.6 cm³/mol. The van der Waals surface area contributed by atoms with Gasteiger partial charge in [-0.05, 0) is 11.8 Å². The Kier molecular flexibility index (Phi) is 3.56. The summed E-state index contributed by atoms with van der Waals surface area (Å²) < 4.78 is 0. The van der Waals surface area contributed by atoms with E-state index in [0.29, 0.717) is 0 Å². The van der Waals surface area contributed by atoms with Crippen molar-refractivity contribution in [2.75, 3.05) is 0 Å². The number of pyridine rings is 1. The predicted octanol–water partition coefficient (Wildman–Crippen LogP) is 1.38. The topological polar surface area (TPSA) is 12.9 Å². The summed E-state index contributed by atoms with van der Waals surface area (Å²) in [5, 5.41) is 0. The summed E-state index contributed by atoms with van der Waals surface area (Å²) in [6, 6.07) is 24.3. The first kappa shape index (κ1) is 13.3. The fraction of sp³-hybridized carbons (Fsp3) is 0. The number of rotatable bonds is 1. The van der Waals surface area contributed by atoms with E-state index < -0.39 is 0 Å². The van der Waals surface area contributed by atoms with Gasteiger partial charge in [-0.3, -0.25) is 0 Å². The first-order valence-electron chi connectivity index (χ1n) is 6.46. The Morgan fingerprint density at radius 2 is 1.65 bits per heavy atom. The summed E-state index contributed by atoms with van der Waals surface area (Å²) in [5.41, 5.74) is 6.13. The summed E-state index contributed by atoms with van der Waals surface area (Å²) in [5.74, 6) is 0. The average Bonchev–Trinajstić information content (AvgIpc) is 2.83. The van der Waals surface area contributed by atoms with Crippen molar-refractivity contribution in [2.45, 2.75) is 0 Å². The van der Waals surface area contributed by atoms with Crippen LogP contribution < -0.4 is 16.4 Å². The van der Waals surface area contributed by atoms with E-state index in [2.05, 4.69) is 59.6 Å². The normalized spacial score (nSPS) is 11.5. The number of hydrogen-bond donors (Lipinski definition) is 0. The zero-order valence-electron chi connectivity index (χ0n) is 10.7. The minimum absolute atomic E-state index is 0. The molecule has 1 radical (unpaired) electrons. The Hall–Kier alpha value is -1.70. The van der Waals surface area contributed by atoms with Crippen LogP contribution in [0.5, 0.6) is 0 Å². The number of aromatic nitrogens is 1. The van der Waals surface area contributed by atoms with Crippen LogP contribution in [-0.4, -0.2) is 11.7 Å². The van der Waals surface area contributed by atoms with Gasteiger partial charge in [-0.1, -0.05) is 47.3 Å². The van der Waals surface area contributed by atoms with Gasteiger partial charge in [0.1, 0.15) is 0 Å². The molecule has 0 saturated heterocycles. The Labute approximate surface area is 132 Å². The van der Waals surface area contributed by atoms with Crippen LogP contribution in [0.3, 0.4) is 0 Å². The van der Waals surface area contributed by atoms with Gasteiger partial charge in [0.05, 0.1) is 0 Å². The van der Waals surface area contributed by atoms with Gasteiger partial charge < -0.3 is 4.98 Å². The average molecular weight is 432 g/mol. The molecule has 0 N–H and O–H groups in total. The van der Waals surface area contributed by atoms with Crippen molar-refractivity contribution in [3.05, 3.63) is 72.9 Å². The third-order valence-corrected chi connectivity index (χ3v) is 3.72. The zero-order valence-corrected chi connectivity index (χ0v) is 13.1. The fourth-order valence-electron chi connectivity index (χ4n) is 2.93. The summed E-state index contributed by atoms with van der Waals surface area (Å²) in [7, 11) is 0. The van der Waals surface area contributed by atoms with Crippen LogP contribution in [0.15, 0.2) is 66.9 Å². The molecule has 20 heavy (non-hydrogen) atoms. The van der Waals surface area contributed by atoms with Crippen molar-refractivity contribution in [3.63, 3.8) is 0 Å². The number of hydrogen-bond acceptors (Lipinski definition) is 1. The molecule has 97 valence electrons. The van der Waals surface area contributed by atoms with Crippen molar-refractivity contribution in [3.8, 4) is 11.3 Å². The Balaban J connectivity index is 0.00000121. The van der Waals surface area contributed by atoms with E-state index >= 15 is 0 Å². The van der Waals surface area contributed by atoms with Crippen LogP contribution in [0.2, 0.25) is 0 Å². The molecule has 1 nitrogen and oxygen atoms in total. The van der Waals surface area contributed by atoms with Gasteiger partial charge >= 0.3 is 0 Å². The van der Waals surface area contributed by atoms with E-state index in [9.17, 15) is 0 Å². The monoisotopic (exact) mass is 433 g/mol. The Bertz CT molecular complexity index is 697. The molecule has 0 saturated carbocycles. The zero-order chi connectivity index (χ0) is 12.7. The summed E-state index contributed by atoms with van der Waals surface area (Å²) in [4.78, 5) is 4.55. The van der Waals surface area contributed by atoms with Crippen molar-refractivity contribution >= 4 is 23.1 Å². The standard InChI is InChI=1S/C17H11BN.Ir/c1-2-7-13(8-3-1)18-15-10-5-4-9-14(15)17-16(18)11-6-12-19-17;/h1-8,10-12H;/q-1;. The van der Waals surface area contributed by atoms with Gasteiger partial charge in [0, 0.05) is 26.3 Å². The fourth-order valence-corrected chi connectivity index (χ4v) is 2.93.